The van der Waals surface area contributed by atoms with Crippen LogP contribution >= 0.6 is 0 Å². The van der Waals surface area contributed by atoms with Crippen LogP contribution in [0.5, 0.6) is 0 Å². The van der Waals surface area contributed by atoms with Crippen LogP contribution in [0.1, 0.15) is 29.5 Å². The number of anilines is 1. The Morgan fingerprint density at radius 2 is 1.79 bits per heavy atom. The minimum atomic E-state index is -0.0250. The summed E-state index contributed by atoms with van der Waals surface area (Å²) in [6.45, 7) is 1.45. The van der Waals surface area contributed by atoms with Crippen LogP contribution in [0.2, 0.25) is 0 Å². The van der Waals surface area contributed by atoms with Gasteiger partial charge in [0.2, 0.25) is 11.8 Å². The molecule has 146 valence electrons. The van der Waals surface area contributed by atoms with Crippen LogP contribution in [0, 0.1) is 5.92 Å². The van der Waals surface area contributed by atoms with Gasteiger partial charge >= 0.3 is 0 Å². The van der Waals surface area contributed by atoms with E-state index in [2.05, 4.69) is 29.6 Å². The zero-order valence-electron chi connectivity index (χ0n) is 16.4. The second kappa shape index (κ2) is 7.36. The van der Waals surface area contributed by atoms with Crippen molar-refractivity contribution in [2.45, 2.75) is 32.2 Å². The van der Waals surface area contributed by atoms with Crippen LogP contribution in [-0.4, -0.2) is 23.3 Å². The first-order valence-electron chi connectivity index (χ1n) is 10.3. The van der Waals surface area contributed by atoms with E-state index in [1.165, 1.54) is 5.56 Å². The number of hydrogen-bond donors (Lipinski definition) is 1. The molecule has 4 nitrogen and oxygen atoms in total. The van der Waals surface area contributed by atoms with Gasteiger partial charge in [-0.05, 0) is 58.9 Å². The quantitative estimate of drug-likeness (QED) is 0.728. The lowest BCUT2D eigenvalue weighted by Gasteiger charge is -2.29. The molecule has 0 unspecified atom stereocenters. The second-order valence-corrected chi connectivity index (χ2v) is 8.13. The Labute approximate surface area is 170 Å². The van der Waals surface area contributed by atoms with E-state index < -0.39 is 0 Å². The molecule has 0 saturated heterocycles. The molecule has 5 rings (SSSR count). The number of nitrogens with one attached hydrogen (secondary N) is 1. The molecule has 1 aliphatic heterocycles. The molecule has 4 heteroatoms. The normalized spacial score (nSPS) is 15.8. The van der Waals surface area contributed by atoms with Crippen molar-refractivity contribution in [1.29, 1.82) is 0 Å². The molecule has 1 aliphatic carbocycles. The lowest BCUT2D eigenvalue weighted by Crippen LogP contribution is -2.36. The van der Waals surface area contributed by atoms with Crippen LogP contribution < -0.4 is 5.32 Å². The molecule has 1 heterocycles. The van der Waals surface area contributed by atoms with Crippen molar-refractivity contribution < 1.29 is 9.59 Å². The number of rotatable bonds is 4. The highest BCUT2D eigenvalue weighted by Crippen LogP contribution is 2.33. The molecule has 2 aliphatic rings. The van der Waals surface area contributed by atoms with Gasteiger partial charge in [0, 0.05) is 24.7 Å². The van der Waals surface area contributed by atoms with E-state index in [-0.39, 0.29) is 11.8 Å². The maximum absolute atomic E-state index is 12.7. The maximum Gasteiger partial charge on any atom is 0.228 e. The maximum atomic E-state index is 12.7. The Bertz CT molecular complexity index is 1100. The first kappa shape index (κ1) is 17.9. The lowest BCUT2D eigenvalue weighted by molar-refractivity contribution is -0.133. The van der Waals surface area contributed by atoms with E-state index in [1.807, 2.05) is 41.3 Å². The van der Waals surface area contributed by atoms with Gasteiger partial charge in [0.05, 0.1) is 6.42 Å². The van der Waals surface area contributed by atoms with Crippen molar-refractivity contribution in [3.63, 3.8) is 0 Å². The number of nitrogens with zero attached hydrogens (tertiary/aromatic N) is 1. The van der Waals surface area contributed by atoms with Crippen molar-refractivity contribution in [3.05, 3.63) is 77.4 Å². The Kier molecular flexibility index (Phi) is 4.55. The number of hydrogen-bond acceptors (Lipinski definition) is 2. The van der Waals surface area contributed by atoms with Crippen molar-refractivity contribution in [3.8, 4) is 0 Å². The molecule has 3 aromatic rings. The minimum Gasteiger partial charge on any atom is -0.338 e. The third kappa shape index (κ3) is 3.75. The smallest absolute Gasteiger partial charge is 0.228 e. The summed E-state index contributed by atoms with van der Waals surface area (Å²) in [5, 5.41) is 5.30. The van der Waals surface area contributed by atoms with Gasteiger partial charge in [-0.1, -0.05) is 48.5 Å². The first-order chi connectivity index (χ1) is 14.2. The van der Waals surface area contributed by atoms with Crippen LogP contribution in [0.4, 0.5) is 5.69 Å². The monoisotopic (exact) mass is 384 g/mol. The number of benzene rings is 3. The van der Waals surface area contributed by atoms with Gasteiger partial charge in [0.15, 0.2) is 0 Å². The highest BCUT2D eigenvalue weighted by Gasteiger charge is 2.34. The second-order valence-electron chi connectivity index (χ2n) is 8.13. The molecule has 2 amide bonds. The molecule has 0 radical (unpaired) electrons. The van der Waals surface area contributed by atoms with E-state index in [0.29, 0.717) is 18.9 Å². The molecule has 0 aromatic heterocycles. The van der Waals surface area contributed by atoms with E-state index in [4.69, 9.17) is 0 Å². The standard InChI is InChI=1S/C25H24N2O2/c28-24(15-20-6-3-5-18-4-1-2-7-23(18)20)26-22-11-10-17-12-13-27(16-21(17)14-22)25(29)19-8-9-19/h1-7,10-11,14,19H,8-9,12-13,15-16H2,(H,26,28). The molecule has 1 saturated carbocycles. The summed E-state index contributed by atoms with van der Waals surface area (Å²) in [7, 11) is 0. The Morgan fingerprint density at radius 3 is 2.66 bits per heavy atom. The van der Waals surface area contributed by atoms with Gasteiger partial charge in [-0.25, -0.2) is 0 Å². The molecule has 29 heavy (non-hydrogen) atoms. The third-order valence-corrected chi connectivity index (χ3v) is 5.97. The molecule has 3 aromatic carbocycles. The number of amides is 2. The topological polar surface area (TPSA) is 49.4 Å². The summed E-state index contributed by atoms with van der Waals surface area (Å²) < 4.78 is 0. The van der Waals surface area contributed by atoms with E-state index in [1.54, 1.807) is 0 Å². The van der Waals surface area contributed by atoms with Gasteiger partial charge in [-0.15, -0.1) is 0 Å². The average Bonchev–Trinajstić information content (AvgIpc) is 3.58. The molecular weight excluding hydrogens is 360 g/mol. The highest BCUT2D eigenvalue weighted by molar-refractivity contribution is 5.96. The van der Waals surface area contributed by atoms with Crippen molar-refractivity contribution in [2.75, 3.05) is 11.9 Å². The number of carbonyl (C=O) groups is 2. The molecule has 0 atom stereocenters. The van der Waals surface area contributed by atoms with Gasteiger partial charge in [-0.2, -0.15) is 0 Å². The average molecular weight is 384 g/mol. The minimum absolute atomic E-state index is 0.0250. The summed E-state index contributed by atoms with van der Waals surface area (Å²) in [6, 6.07) is 20.3. The van der Waals surface area contributed by atoms with E-state index in [9.17, 15) is 9.59 Å². The SMILES string of the molecule is O=C(Cc1cccc2ccccc12)Nc1ccc2c(c1)CN(C(=O)C1CC1)CC2. The summed E-state index contributed by atoms with van der Waals surface area (Å²) in [4.78, 5) is 27.1. The van der Waals surface area contributed by atoms with Crippen LogP contribution in [0.15, 0.2) is 60.7 Å². The van der Waals surface area contributed by atoms with Crippen LogP contribution in [0.25, 0.3) is 10.8 Å². The fourth-order valence-electron chi connectivity index (χ4n) is 4.24. The van der Waals surface area contributed by atoms with E-state index >= 15 is 0 Å². The lowest BCUT2D eigenvalue weighted by atomic mass is 9.98. The Balaban J connectivity index is 1.30. The van der Waals surface area contributed by atoms with Crippen molar-refractivity contribution in [2.24, 2.45) is 5.92 Å². The largest absolute Gasteiger partial charge is 0.338 e. The predicted molar refractivity (Wildman–Crippen MR) is 115 cm³/mol. The number of fused-ring (bicyclic) bond motifs is 2. The summed E-state index contributed by atoms with van der Waals surface area (Å²) in [6.07, 6.45) is 3.29. The Morgan fingerprint density at radius 1 is 0.966 bits per heavy atom. The van der Waals surface area contributed by atoms with Gasteiger partial charge < -0.3 is 10.2 Å². The first-order valence-corrected chi connectivity index (χ1v) is 10.3. The summed E-state index contributed by atoms with van der Waals surface area (Å²) in [5.74, 6) is 0.518. The van der Waals surface area contributed by atoms with Crippen molar-refractivity contribution in [1.82, 2.24) is 4.90 Å². The third-order valence-electron chi connectivity index (χ3n) is 5.97. The fraction of sp³-hybridized carbons (Fsp3) is 0.280. The zero-order chi connectivity index (χ0) is 19.8. The molecule has 0 bridgehead atoms. The highest BCUT2D eigenvalue weighted by atomic mass is 16.2. The summed E-state index contributed by atoms with van der Waals surface area (Å²) in [5.41, 5.74) is 4.25. The molecule has 1 fully saturated rings. The fourth-order valence-corrected chi connectivity index (χ4v) is 4.24. The van der Waals surface area contributed by atoms with Crippen molar-refractivity contribution >= 4 is 28.3 Å². The Hall–Kier alpha value is -3.14. The van der Waals surface area contributed by atoms with E-state index in [0.717, 1.165) is 53.4 Å². The van der Waals surface area contributed by atoms with Gasteiger partial charge in [0.1, 0.15) is 0 Å². The molecular formula is C25H24N2O2. The number of carbonyl (C=O) groups excluding carboxylic acids is 2. The molecule has 0 spiro atoms. The predicted octanol–water partition coefficient (Wildman–Crippen LogP) is 4.32. The van der Waals surface area contributed by atoms with Crippen LogP contribution in [0.3, 0.4) is 0 Å². The van der Waals surface area contributed by atoms with Crippen LogP contribution in [-0.2, 0) is 29.0 Å². The van der Waals surface area contributed by atoms with Gasteiger partial charge in [-0.3, -0.25) is 9.59 Å². The zero-order valence-corrected chi connectivity index (χ0v) is 16.4. The van der Waals surface area contributed by atoms with Gasteiger partial charge in [0.25, 0.3) is 0 Å². The molecule has 1 N–H and O–H groups in total. The summed E-state index contributed by atoms with van der Waals surface area (Å²) >= 11 is 0.